The van der Waals surface area contributed by atoms with Crippen LogP contribution in [0.4, 0.5) is 0 Å². The van der Waals surface area contributed by atoms with Crippen molar-refractivity contribution in [3.8, 4) is 17.1 Å². The highest BCUT2D eigenvalue weighted by molar-refractivity contribution is 7.99. The van der Waals surface area contributed by atoms with Gasteiger partial charge in [-0.05, 0) is 66.2 Å². The number of hydrazone groups is 1. The third kappa shape index (κ3) is 6.15. The molecule has 0 saturated heterocycles. The van der Waals surface area contributed by atoms with Crippen molar-refractivity contribution >= 4 is 58.7 Å². The molecule has 1 amide bonds. The Morgan fingerprint density at radius 3 is 2.09 bits per heavy atom. The van der Waals surface area contributed by atoms with Gasteiger partial charge in [0.15, 0.2) is 11.0 Å². The van der Waals surface area contributed by atoms with Crippen molar-refractivity contribution < 1.29 is 4.79 Å². The molecule has 4 rings (SSSR count). The first-order valence-electron chi connectivity index (χ1n) is 9.67. The Balaban J connectivity index is 1.51. The van der Waals surface area contributed by atoms with E-state index in [2.05, 4.69) is 20.7 Å². The summed E-state index contributed by atoms with van der Waals surface area (Å²) in [5, 5.41) is 15.1. The second-order valence-corrected chi connectivity index (χ2v) is 9.01. The maximum absolute atomic E-state index is 12.3. The SMILES string of the molecule is O=C(CSc1nnc(-c2ccc(Cl)cc2)n1-c1ccc(Cl)cc1)N/N=C/c1ccc(Cl)cc1. The van der Waals surface area contributed by atoms with Crippen molar-refractivity contribution in [3.63, 3.8) is 0 Å². The fraction of sp³-hybridized carbons (Fsp3) is 0.0435. The van der Waals surface area contributed by atoms with Crippen LogP contribution in [0.1, 0.15) is 5.56 Å². The minimum Gasteiger partial charge on any atom is -0.272 e. The summed E-state index contributed by atoms with van der Waals surface area (Å²) in [6, 6.07) is 21.7. The summed E-state index contributed by atoms with van der Waals surface area (Å²) in [6.45, 7) is 0. The average molecular weight is 517 g/mol. The summed E-state index contributed by atoms with van der Waals surface area (Å²) in [6.07, 6.45) is 1.55. The summed E-state index contributed by atoms with van der Waals surface area (Å²) in [7, 11) is 0. The smallest absolute Gasteiger partial charge is 0.250 e. The van der Waals surface area contributed by atoms with Gasteiger partial charge in [0.05, 0.1) is 12.0 Å². The average Bonchev–Trinajstić information content (AvgIpc) is 3.24. The minimum absolute atomic E-state index is 0.101. The standard InChI is InChI=1S/C23H16Cl3N5OS/c24-17-5-1-15(2-6-17)13-27-28-21(32)14-33-23-30-29-22(16-3-7-18(25)8-4-16)31(23)20-11-9-19(26)10-12-20/h1-13H,14H2,(H,28,32)/b27-13+. The molecule has 0 bridgehead atoms. The van der Waals surface area contributed by atoms with Crippen molar-refractivity contribution in [2.45, 2.75) is 5.16 Å². The quantitative estimate of drug-likeness (QED) is 0.182. The van der Waals surface area contributed by atoms with Crippen molar-refractivity contribution in [3.05, 3.63) is 93.4 Å². The van der Waals surface area contributed by atoms with Crippen LogP contribution < -0.4 is 5.43 Å². The Morgan fingerprint density at radius 2 is 1.45 bits per heavy atom. The first kappa shape index (κ1) is 23.3. The van der Waals surface area contributed by atoms with Crippen LogP contribution in [0.3, 0.4) is 0 Å². The predicted octanol–water partition coefficient (Wildman–Crippen LogP) is 6.14. The Hall–Kier alpha value is -2.84. The number of halogens is 3. The number of nitrogens with zero attached hydrogens (tertiary/aromatic N) is 4. The monoisotopic (exact) mass is 515 g/mol. The second kappa shape index (κ2) is 10.9. The number of rotatable bonds is 7. The van der Waals surface area contributed by atoms with Gasteiger partial charge in [-0.15, -0.1) is 10.2 Å². The zero-order valence-electron chi connectivity index (χ0n) is 17.0. The summed E-state index contributed by atoms with van der Waals surface area (Å²) in [4.78, 5) is 12.3. The molecule has 0 aliphatic heterocycles. The molecule has 0 unspecified atom stereocenters. The van der Waals surface area contributed by atoms with E-state index in [0.29, 0.717) is 26.0 Å². The molecule has 10 heteroatoms. The van der Waals surface area contributed by atoms with Crippen LogP contribution in [0.2, 0.25) is 15.1 Å². The molecule has 0 fully saturated rings. The van der Waals surface area contributed by atoms with E-state index in [9.17, 15) is 4.79 Å². The van der Waals surface area contributed by atoms with Crippen LogP contribution >= 0.6 is 46.6 Å². The molecule has 0 spiro atoms. The Bertz CT molecular complexity index is 1270. The van der Waals surface area contributed by atoms with Gasteiger partial charge in [-0.2, -0.15) is 5.10 Å². The number of nitrogens with one attached hydrogen (secondary N) is 1. The second-order valence-electron chi connectivity index (χ2n) is 6.76. The molecule has 0 atom stereocenters. The summed E-state index contributed by atoms with van der Waals surface area (Å²) in [5.41, 5.74) is 4.99. The maximum Gasteiger partial charge on any atom is 0.250 e. The number of carbonyl (C=O) groups excluding carboxylic acids is 1. The molecule has 4 aromatic rings. The molecule has 0 radical (unpaired) electrons. The number of aromatic nitrogens is 3. The molecule has 166 valence electrons. The van der Waals surface area contributed by atoms with E-state index in [-0.39, 0.29) is 11.7 Å². The van der Waals surface area contributed by atoms with E-state index >= 15 is 0 Å². The molecule has 0 aliphatic rings. The topological polar surface area (TPSA) is 72.2 Å². The predicted molar refractivity (Wildman–Crippen MR) is 135 cm³/mol. The molecular weight excluding hydrogens is 501 g/mol. The van der Waals surface area contributed by atoms with E-state index in [1.54, 1.807) is 54.7 Å². The van der Waals surface area contributed by atoms with Gasteiger partial charge in [-0.3, -0.25) is 9.36 Å². The summed E-state index contributed by atoms with van der Waals surface area (Å²) >= 11 is 19.2. The van der Waals surface area contributed by atoms with Crippen LogP contribution in [-0.4, -0.2) is 32.6 Å². The normalized spacial score (nSPS) is 11.1. The molecule has 1 aromatic heterocycles. The summed E-state index contributed by atoms with van der Waals surface area (Å²) in [5.74, 6) is 0.450. The molecule has 1 heterocycles. The Labute approximate surface area is 209 Å². The first-order valence-corrected chi connectivity index (χ1v) is 11.8. The van der Waals surface area contributed by atoms with E-state index in [0.717, 1.165) is 16.8 Å². The Kier molecular flexibility index (Phi) is 7.67. The molecule has 6 nitrogen and oxygen atoms in total. The Morgan fingerprint density at radius 1 is 0.879 bits per heavy atom. The highest BCUT2D eigenvalue weighted by Crippen LogP contribution is 2.29. The van der Waals surface area contributed by atoms with E-state index in [4.69, 9.17) is 34.8 Å². The highest BCUT2D eigenvalue weighted by atomic mass is 35.5. The fourth-order valence-electron chi connectivity index (χ4n) is 2.86. The van der Waals surface area contributed by atoms with Crippen LogP contribution in [-0.2, 0) is 4.79 Å². The lowest BCUT2D eigenvalue weighted by Crippen LogP contribution is -2.20. The fourth-order valence-corrected chi connectivity index (χ4v) is 3.98. The lowest BCUT2D eigenvalue weighted by atomic mass is 10.2. The number of hydrogen-bond donors (Lipinski definition) is 1. The number of thioether (sulfide) groups is 1. The van der Waals surface area contributed by atoms with Gasteiger partial charge in [0, 0.05) is 26.3 Å². The highest BCUT2D eigenvalue weighted by Gasteiger charge is 2.17. The van der Waals surface area contributed by atoms with Gasteiger partial charge in [-0.1, -0.05) is 58.7 Å². The molecule has 33 heavy (non-hydrogen) atoms. The van der Waals surface area contributed by atoms with Crippen molar-refractivity contribution in [1.82, 2.24) is 20.2 Å². The largest absolute Gasteiger partial charge is 0.272 e. The van der Waals surface area contributed by atoms with Crippen molar-refractivity contribution in [2.24, 2.45) is 5.10 Å². The van der Waals surface area contributed by atoms with Gasteiger partial charge in [0.2, 0.25) is 0 Å². The van der Waals surface area contributed by atoms with Gasteiger partial charge in [-0.25, -0.2) is 5.43 Å². The van der Waals surface area contributed by atoms with Crippen LogP contribution in [0.15, 0.2) is 83.1 Å². The lowest BCUT2D eigenvalue weighted by molar-refractivity contribution is -0.118. The van der Waals surface area contributed by atoms with Crippen LogP contribution in [0, 0.1) is 0 Å². The number of benzene rings is 3. The number of carbonyl (C=O) groups is 1. The minimum atomic E-state index is -0.274. The van der Waals surface area contributed by atoms with Crippen molar-refractivity contribution in [1.29, 1.82) is 0 Å². The maximum atomic E-state index is 12.3. The molecule has 0 aliphatic carbocycles. The lowest BCUT2D eigenvalue weighted by Gasteiger charge is -2.10. The molecule has 3 aromatic carbocycles. The van der Waals surface area contributed by atoms with Gasteiger partial charge in [0.1, 0.15) is 0 Å². The van der Waals surface area contributed by atoms with Gasteiger partial charge >= 0.3 is 0 Å². The van der Waals surface area contributed by atoms with E-state index < -0.39 is 0 Å². The zero-order valence-corrected chi connectivity index (χ0v) is 20.0. The first-order chi connectivity index (χ1) is 16.0. The molecular formula is C23H16Cl3N5OS. The molecule has 0 saturated carbocycles. The van der Waals surface area contributed by atoms with E-state index in [1.807, 2.05) is 28.8 Å². The number of amides is 1. The van der Waals surface area contributed by atoms with Gasteiger partial charge in [0.25, 0.3) is 5.91 Å². The number of hydrogen-bond acceptors (Lipinski definition) is 5. The van der Waals surface area contributed by atoms with Crippen LogP contribution in [0.25, 0.3) is 17.1 Å². The van der Waals surface area contributed by atoms with Crippen molar-refractivity contribution in [2.75, 3.05) is 5.75 Å². The third-order valence-electron chi connectivity index (χ3n) is 4.43. The van der Waals surface area contributed by atoms with Crippen LogP contribution in [0.5, 0.6) is 0 Å². The summed E-state index contributed by atoms with van der Waals surface area (Å²) < 4.78 is 1.87. The third-order valence-corrected chi connectivity index (χ3v) is 6.11. The van der Waals surface area contributed by atoms with E-state index in [1.165, 1.54) is 11.8 Å². The molecule has 1 N–H and O–H groups in total. The zero-order chi connectivity index (χ0) is 23.2. The van der Waals surface area contributed by atoms with Gasteiger partial charge < -0.3 is 0 Å².